The average Bonchev–Trinajstić information content (AvgIpc) is 3.08. The van der Waals surface area contributed by atoms with E-state index in [2.05, 4.69) is 10.3 Å². The Balaban J connectivity index is 1.69. The first-order valence-electron chi connectivity index (χ1n) is 7.18. The summed E-state index contributed by atoms with van der Waals surface area (Å²) in [4.78, 5) is 17.5. The van der Waals surface area contributed by atoms with Crippen molar-refractivity contribution in [3.05, 3.63) is 55.8 Å². The molecule has 0 aliphatic heterocycles. The highest BCUT2D eigenvalue weighted by molar-refractivity contribution is 7.23. The van der Waals surface area contributed by atoms with E-state index >= 15 is 0 Å². The fourth-order valence-corrected chi connectivity index (χ4v) is 5.23. The number of carbonyl (C=O) groups is 1. The maximum atomic E-state index is 12.6. The highest BCUT2D eigenvalue weighted by Gasteiger charge is 2.19. The van der Waals surface area contributed by atoms with Crippen molar-refractivity contribution in [2.75, 3.05) is 5.32 Å². The molecule has 0 radical (unpaired) electrons. The summed E-state index contributed by atoms with van der Waals surface area (Å²) in [7, 11) is 0. The number of anilines is 1. The molecule has 0 saturated heterocycles. The van der Waals surface area contributed by atoms with Gasteiger partial charge in [0, 0.05) is 20.1 Å². The topological polar surface area (TPSA) is 42.0 Å². The quantitative estimate of drug-likeness (QED) is 0.373. The average molecular weight is 428 g/mol. The van der Waals surface area contributed by atoms with Crippen molar-refractivity contribution in [3.8, 4) is 0 Å². The second-order valence-corrected chi connectivity index (χ2v) is 8.73. The third kappa shape index (κ3) is 3.11. The zero-order valence-corrected chi connectivity index (χ0v) is 16.6. The zero-order chi connectivity index (χ0) is 17.7. The summed E-state index contributed by atoms with van der Waals surface area (Å²) in [6.07, 6.45) is 0. The van der Waals surface area contributed by atoms with E-state index in [-0.39, 0.29) is 5.91 Å². The first kappa shape index (κ1) is 17.1. The van der Waals surface area contributed by atoms with Crippen molar-refractivity contribution in [2.24, 2.45) is 0 Å². The van der Waals surface area contributed by atoms with E-state index in [9.17, 15) is 4.79 Å². The number of amides is 1. The van der Waals surface area contributed by atoms with Crippen LogP contribution in [0.5, 0.6) is 0 Å². The van der Waals surface area contributed by atoms with Crippen LogP contribution in [0.2, 0.25) is 15.1 Å². The molecule has 126 valence electrons. The van der Waals surface area contributed by atoms with Gasteiger partial charge in [0.15, 0.2) is 5.13 Å². The van der Waals surface area contributed by atoms with E-state index in [4.69, 9.17) is 34.8 Å². The Hall–Kier alpha value is -1.37. The minimum absolute atomic E-state index is 0.288. The van der Waals surface area contributed by atoms with E-state index in [1.807, 2.05) is 19.1 Å². The van der Waals surface area contributed by atoms with Crippen molar-refractivity contribution in [1.82, 2.24) is 4.98 Å². The molecule has 25 heavy (non-hydrogen) atoms. The van der Waals surface area contributed by atoms with Crippen LogP contribution in [0.4, 0.5) is 5.13 Å². The summed E-state index contributed by atoms with van der Waals surface area (Å²) in [5.41, 5.74) is 1.73. The lowest BCUT2D eigenvalue weighted by molar-refractivity contribution is 0.103. The summed E-state index contributed by atoms with van der Waals surface area (Å²) in [6.45, 7) is 1.93. The number of fused-ring (bicyclic) bond motifs is 2. The van der Waals surface area contributed by atoms with Crippen LogP contribution in [0, 0.1) is 6.92 Å². The zero-order valence-electron chi connectivity index (χ0n) is 12.7. The van der Waals surface area contributed by atoms with E-state index in [0.717, 1.165) is 25.9 Å². The van der Waals surface area contributed by atoms with Gasteiger partial charge in [-0.15, -0.1) is 11.3 Å². The highest BCUT2D eigenvalue weighted by atomic mass is 35.5. The van der Waals surface area contributed by atoms with Gasteiger partial charge in [-0.25, -0.2) is 4.98 Å². The van der Waals surface area contributed by atoms with Crippen molar-refractivity contribution < 1.29 is 4.79 Å². The summed E-state index contributed by atoms with van der Waals surface area (Å²) in [5, 5.41) is 5.83. The number of hydrogen-bond acceptors (Lipinski definition) is 4. The molecule has 4 aromatic rings. The van der Waals surface area contributed by atoms with E-state index in [1.165, 1.54) is 22.7 Å². The van der Waals surface area contributed by atoms with E-state index < -0.39 is 0 Å². The van der Waals surface area contributed by atoms with Crippen LogP contribution in [0.15, 0.2) is 30.3 Å². The van der Waals surface area contributed by atoms with Crippen molar-refractivity contribution in [1.29, 1.82) is 0 Å². The number of rotatable bonds is 2. The van der Waals surface area contributed by atoms with Crippen molar-refractivity contribution in [3.63, 3.8) is 0 Å². The third-order valence-electron chi connectivity index (χ3n) is 3.69. The maximum absolute atomic E-state index is 12.6. The molecule has 0 aliphatic rings. The molecule has 1 amide bonds. The maximum Gasteiger partial charge on any atom is 0.269 e. The van der Waals surface area contributed by atoms with Gasteiger partial charge in [0.05, 0.1) is 15.2 Å². The number of thiophene rings is 1. The minimum Gasteiger partial charge on any atom is -0.297 e. The molecule has 2 heterocycles. The van der Waals surface area contributed by atoms with E-state index in [0.29, 0.717) is 25.1 Å². The van der Waals surface area contributed by atoms with Gasteiger partial charge < -0.3 is 0 Å². The number of aromatic nitrogens is 1. The molecule has 0 aliphatic carbocycles. The molecule has 0 spiro atoms. The van der Waals surface area contributed by atoms with Gasteiger partial charge in [-0.05, 0) is 36.8 Å². The lowest BCUT2D eigenvalue weighted by Gasteiger charge is -1.98. The first-order valence-corrected chi connectivity index (χ1v) is 9.94. The molecule has 2 aromatic heterocycles. The first-order chi connectivity index (χ1) is 11.9. The minimum atomic E-state index is -0.288. The molecule has 3 nitrogen and oxygen atoms in total. The molecule has 2 aromatic carbocycles. The summed E-state index contributed by atoms with van der Waals surface area (Å²) < 4.78 is 1.83. The molecular formula is C17H9Cl3N2OS2. The molecular weight excluding hydrogens is 419 g/mol. The lowest BCUT2D eigenvalue weighted by atomic mass is 10.2. The van der Waals surface area contributed by atoms with Gasteiger partial charge in [0.25, 0.3) is 5.91 Å². The van der Waals surface area contributed by atoms with Gasteiger partial charge in [0.1, 0.15) is 4.88 Å². The Morgan fingerprint density at radius 2 is 1.88 bits per heavy atom. The molecule has 0 atom stereocenters. The van der Waals surface area contributed by atoms with Crippen LogP contribution in [0.3, 0.4) is 0 Å². The number of benzene rings is 2. The van der Waals surface area contributed by atoms with Gasteiger partial charge in [0.2, 0.25) is 0 Å². The molecule has 0 fully saturated rings. The predicted molar refractivity (Wildman–Crippen MR) is 109 cm³/mol. The number of nitrogens with one attached hydrogen (secondary N) is 1. The molecule has 0 saturated carbocycles. The number of carbonyl (C=O) groups excluding carboxylic acids is 1. The third-order valence-corrected chi connectivity index (χ3v) is 6.92. The van der Waals surface area contributed by atoms with Gasteiger partial charge in [-0.1, -0.05) is 52.2 Å². The van der Waals surface area contributed by atoms with Crippen LogP contribution in [0.25, 0.3) is 20.3 Å². The summed E-state index contributed by atoms with van der Waals surface area (Å²) in [6, 6.07) is 9.12. The largest absolute Gasteiger partial charge is 0.297 e. The standard InChI is InChI=1S/C17H9Cl3N2OS2/c1-7-4-13-11(6-10(7)19)21-17(25-13)22-16(23)15-14(20)9-3-2-8(18)5-12(9)24-15/h2-6H,1H3,(H,21,22,23). The Bertz CT molecular complexity index is 1110. The Kier molecular flexibility index (Phi) is 4.38. The van der Waals surface area contributed by atoms with Crippen molar-refractivity contribution in [2.45, 2.75) is 6.92 Å². The van der Waals surface area contributed by atoms with E-state index in [1.54, 1.807) is 18.2 Å². The Morgan fingerprint density at radius 3 is 2.68 bits per heavy atom. The van der Waals surface area contributed by atoms with Crippen LogP contribution >= 0.6 is 57.5 Å². The fraction of sp³-hybridized carbons (Fsp3) is 0.0588. The molecule has 1 N–H and O–H groups in total. The fourth-order valence-electron chi connectivity index (χ4n) is 2.44. The summed E-state index contributed by atoms with van der Waals surface area (Å²) >= 11 is 21.2. The van der Waals surface area contributed by atoms with Crippen molar-refractivity contribution >= 4 is 88.8 Å². The Morgan fingerprint density at radius 1 is 1.08 bits per heavy atom. The number of hydrogen-bond donors (Lipinski definition) is 1. The predicted octanol–water partition coefficient (Wildman–Crippen LogP) is 7.03. The van der Waals surface area contributed by atoms with Gasteiger partial charge in [-0.3, -0.25) is 10.1 Å². The lowest BCUT2D eigenvalue weighted by Crippen LogP contribution is -2.10. The van der Waals surface area contributed by atoms with Crippen LogP contribution in [-0.4, -0.2) is 10.9 Å². The smallest absolute Gasteiger partial charge is 0.269 e. The molecule has 0 bridgehead atoms. The number of halogens is 3. The monoisotopic (exact) mass is 426 g/mol. The number of thiazole rings is 1. The Labute approximate surface area is 166 Å². The molecule has 8 heteroatoms. The SMILES string of the molecule is Cc1cc2sc(NC(=O)c3sc4cc(Cl)ccc4c3Cl)nc2cc1Cl. The number of nitrogens with zero attached hydrogens (tertiary/aromatic N) is 1. The van der Waals surface area contributed by atoms with Crippen LogP contribution in [-0.2, 0) is 0 Å². The highest BCUT2D eigenvalue weighted by Crippen LogP contribution is 2.37. The number of aryl methyl sites for hydroxylation is 1. The summed E-state index contributed by atoms with van der Waals surface area (Å²) in [5.74, 6) is -0.288. The molecule has 0 unspecified atom stereocenters. The normalized spacial score (nSPS) is 11.4. The van der Waals surface area contributed by atoms with Crippen LogP contribution < -0.4 is 5.32 Å². The van der Waals surface area contributed by atoms with Gasteiger partial charge >= 0.3 is 0 Å². The molecule has 4 rings (SSSR count). The van der Waals surface area contributed by atoms with Gasteiger partial charge in [-0.2, -0.15) is 0 Å². The van der Waals surface area contributed by atoms with Crippen LogP contribution in [0.1, 0.15) is 15.2 Å². The second kappa shape index (κ2) is 6.41. The second-order valence-electron chi connectivity index (χ2n) is 5.43.